The maximum Gasteiger partial charge on any atom is 0.152 e. The number of hydrogen-bond acceptors (Lipinski definition) is 4. The minimum atomic E-state index is 0.522. The minimum Gasteiger partial charge on any atom is -0.350 e. The molecule has 0 radical (unpaired) electrons. The minimum absolute atomic E-state index is 0.522. The molecular formula is C15H22N4S. The number of aromatic nitrogens is 2. The van der Waals surface area contributed by atoms with Gasteiger partial charge in [-0.3, -0.25) is 0 Å². The fraction of sp³-hybridized carbons (Fsp3) is 0.533. The molecular weight excluding hydrogens is 268 g/mol. The van der Waals surface area contributed by atoms with Crippen LogP contribution >= 0.6 is 11.8 Å². The van der Waals surface area contributed by atoms with Crippen LogP contribution in [0, 0.1) is 0 Å². The van der Waals surface area contributed by atoms with E-state index in [4.69, 9.17) is 4.98 Å². The van der Waals surface area contributed by atoms with Crippen LogP contribution in [0.3, 0.4) is 0 Å². The zero-order chi connectivity index (χ0) is 14.1. The lowest BCUT2D eigenvalue weighted by atomic mass is 10.2. The van der Waals surface area contributed by atoms with E-state index in [1.807, 2.05) is 13.1 Å². The van der Waals surface area contributed by atoms with Crippen molar-refractivity contribution in [1.29, 1.82) is 0 Å². The lowest BCUT2D eigenvalue weighted by Crippen LogP contribution is -2.45. The van der Waals surface area contributed by atoms with Crippen LogP contribution in [0.4, 0.5) is 5.82 Å². The largest absolute Gasteiger partial charge is 0.350 e. The zero-order valence-corrected chi connectivity index (χ0v) is 13.2. The smallest absolute Gasteiger partial charge is 0.152 e. The van der Waals surface area contributed by atoms with Gasteiger partial charge in [0.2, 0.25) is 0 Å². The maximum atomic E-state index is 4.88. The monoisotopic (exact) mass is 290 g/mol. The fourth-order valence-corrected chi connectivity index (χ4v) is 3.93. The Morgan fingerprint density at radius 3 is 3.05 bits per heavy atom. The summed E-state index contributed by atoms with van der Waals surface area (Å²) in [6, 6.07) is 6.72. The molecule has 5 heteroatoms. The van der Waals surface area contributed by atoms with Gasteiger partial charge < -0.3 is 14.6 Å². The third kappa shape index (κ3) is 2.29. The Hall–Kier alpha value is -1.20. The van der Waals surface area contributed by atoms with Gasteiger partial charge in [0.15, 0.2) is 5.82 Å². The van der Waals surface area contributed by atoms with Crippen LogP contribution < -0.4 is 10.2 Å². The number of thioether (sulfide) groups is 1. The first-order valence-electron chi connectivity index (χ1n) is 7.21. The van der Waals surface area contributed by atoms with Crippen LogP contribution in [0.2, 0.25) is 0 Å². The molecule has 108 valence electrons. The molecule has 1 saturated heterocycles. The average Bonchev–Trinajstić information content (AvgIpc) is 2.81. The molecule has 0 bridgehead atoms. The lowest BCUT2D eigenvalue weighted by Gasteiger charge is -2.38. The second-order valence-electron chi connectivity index (χ2n) is 5.35. The van der Waals surface area contributed by atoms with E-state index >= 15 is 0 Å². The van der Waals surface area contributed by atoms with E-state index in [1.165, 1.54) is 11.4 Å². The summed E-state index contributed by atoms with van der Waals surface area (Å²) >= 11 is 2.06. The third-order valence-electron chi connectivity index (χ3n) is 4.11. The third-order valence-corrected chi connectivity index (χ3v) is 5.45. The van der Waals surface area contributed by atoms with Crippen LogP contribution in [0.5, 0.6) is 0 Å². The summed E-state index contributed by atoms with van der Waals surface area (Å²) in [6.07, 6.45) is 2.10. The standard InChI is InChI=1S/C15H22N4S/c1-11-12(2)20-9-8-18(11)15-13(10-16-3)19-7-5-4-6-14(19)17-15/h4-7,11-12,16H,8-10H2,1-3H3. The summed E-state index contributed by atoms with van der Waals surface area (Å²) < 4.78 is 2.20. The normalized spacial score (nSPS) is 23.4. The number of anilines is 1. The summed E-state index contributed by atoms with van der Waals surface area (Å²) in [5.74, 6) is 2.32. The van der Waals surface area contributed by atoms with Crippen molar-refractivity contribution in [2.24, 2.45) is 0 Å². The van der Waals surface area contributed by atoms with Crippen molar-refractivity contribution in [2.75, 3.05) is 24.2 Å². The van der Waals surface area contributed by atoms with Crippen LogP contribution in [0.15, 0.2) is 24.4 Å². The van der Waals surface area contributed by atoms with E-state index in [2.05, 4.69) is 58.6 Å². The van der Waals surface area contributed by atoms with Gasteiger partial charge in [-0.15, -0.1) is 0 Å². The number of nitrogens with zero attached hydrogens (tertiary/aromatic N) is 3. The van der Waals surface area contributed by atoms with Gasteiger partial charge >= 0.3 is 0 Å². The fourth-order valence-electron chi connectivity index (χ4n) is 2.83. The van der Waals surface area contributed by atoms with Gasteiger partial charge in [-0.05, 0) is 26.1 Å². The van der Waals surface area contributed by atoms with Crippen molar-refractivity contribution in [3.8, 4) is 0 Å². The van der Waals surface area contributed by atoms with Gasteiger partial charge in [0.1, 0.15) is 5.65 Å². The summed E-state index contributed by atoms with van der Waals surface area (Å²) in [5, 5.41) is 3.92. The topological polar surface area (TPSA) is 32.6 Å². The van der Waals surface area contributed by atoms with Gasteiger partial charge in [-0.2, -0.15) is 11.8 Å². The number of hydrogen-bond donors (Lipinski definition) is 1. The molecule has 0 spiro atoms. The van der Waals surface area contributed by atoms with E-state index in [0.29, 0.717) is 11.3 Å². The van der Waals surface area contributed by atoms with E-state index < -0.39 is 0 Å². The van der Waals surface area contributed by atoms with E-state index in [-0.39, 0.29) is 0 Å². The zero-order valence-electron chi connectivity index (χ0n) is 12.3. The highest BCUT2D eigenvalue weighted by molar-refractivity contribution is 8.00. The quantitative estimate of drug-likeness (QED) is 0.941. The van der Waals surface area contributed by atoms with Gasteiger partial charge in [0, 0.05) is 36.3 Å². The van der Waals surface area contributed by atoms with E-state index in [9.17, 15) is 0 Å². The number of fused-ring (bicyclic) bond motifs is 1. The Bertz CT molecular complexity index is 595. The lowest BCUT2D eigenvalue weighted by molar-refractivity contribution is 0.616. The van der Waals surface area contributed by atoms with Crippen LogP contribution in [-0.2, 0) is 6.54 Å². The highest BCUT2D eigenvalue weighted by Crippen LogP contribution is 2.31. The maximum absolute atomic E-state index is 4.88. The Kier molecular flexibility index (Phi) is 3.89. The Labute approximate surface area is 124 Å². The SMILES string of the molecule is CNCc1c(N2CCSC(C)C2C)nc2ccccn12. The molecule has 1 fully saturated rings. The van der Waals surface area contributed by atoms with Crippen LogP contribution in [0.25, 0.3) is 5.65 Å². The summed E-state index contributed by atoms with van der Waals surface area (Å²) in [5.41, 5.74) is 2.29. The first kappa shape index (κ1) is 13.8. The molecule has 20 heavy (non-hydrogen) atoms. The molecule has 0 amide bonds. The van der Waals surface area contributed by atoms with E-state index in [1.54, 1.807) is 0 Å². The predicted octanol–water partition coefficient (Wildman–Crippen LogP) is 2.38. The first-order chi connectivity index (χ1) is 9.72. The molecule has 3 rings (SSSR count). The summed E-state index contributed by atoms with van der Waals surface area (Å²) in [7, 11) is 1.99. The Morgan fingerprint density at radius 2 is 2.25 bits per heavy atom. The Morgan fingerprint density at radius 1 is 1.40 bits per heavy atom. The van der Waals surface area contributed by atoms with Crippen molar-refractivity contribution in [1.82, 2.24) is 14.7 Å². The average molecular weight is 290 g/mol. The molecule has 2 aromatic rings. The van der Waals surface area contributed by atoms with E-state index in [0.717, 1.165) is 24.6 Å². The van der Waals surface area contributed by atoms with Gasteiger partial charge in [0.05, 0.1) is 5.69 Å². The molecule has 2 unspecified atom stereocenters. The number of rotatable bonds is 3. The van der Waals surface area contributed by atoms with Crippen molar-refractivity contribution in [3.63, 3.8) is 0 Å². The number of nitrogens with one attached hydrogen (secondary N) is 1. The van der Waals surface area contributed by atoms with Crippen molar-refractivity contribution >= 4 is 23.2 Å². The molecule has 1 aliphatic rings. The van der Waals surface area contributed by atoms with Gasteiger partial charge in [-0.1, -0.05) is 13.0 Å². The van der Waals surface area contributed by atoms with Crippen LogP contribution in [0.1, 0.15) is 19.5 Å². The van der Waals surface area contributed by atoms with Crippen LogP contribution in [-0.4, -0.2) is 40.0 Å². The molecule has 0 saturated carbocycles. The van der Waals surface area contributed by atoms with Gasteiger partial charge in [0.25, 0.3) is 0 Å². The molecule has 1 aliphatic heterocycles. The molecule has 4 nitrogen and oxygen atoms in total. The second kappa shape index (κ2) is 5.66. The molecule has 2 aromatic heterocycles. The molecule has 2 atom stereocenters. The second-order valence-corrected chi connectivity index (χ2v) is 6.84. The number of imidazole rings is 1. The molecule has 0 aromatic carbocycles. The highest BCUT2D eigenvalue weighted by Gasteiger charge is 2.29. The molecule has 0 aliphatic carbocycles. The van der Waals surface area contributed by atoms with Crippen molar-refractivity contribution in [2.45, 2.75) is 31.7 Å². The van der Waals surface area contributed by atoms with Crippen molar-refractivity contribution in [3.05, 3.63) is 30.1 Å². The van der Waals surface area contributed by atoms with Gasteiger partial charge in [-0.25, -0.2) is 4.98 Å². The summed E-state index contributed by atoms with van der Waals surface area (Å²) in [4.78, 5) is 7.35. The molecule has 3 heterocycles. The highest BCUT2D eigenvalue weighted by atomic mass is 32.2. The Balaban J connectivity index is 2.07. The predicted molar refractivity (Wildman–Crippen MR) is 86.7 cm³/mol. The molecule has 1 N–H and O–H groups in total. The first-order valence-corrected chi connectivity index (χ1v) is 8.26. The van der Waals surface area contributed by atoms with Crippen molar-refractivity contribution < 1.29 is 0 Å². The number of pyridine rings is 1. The summed E-state index contributed by atoms with van der Waals surface area (Å²) in [6.45, 7) is 6.54.